The van der Waals surface area contributed by atoms with Gasteiger partial charge in [-0.1, -0.05) is 6.07 Å². The number of ether oxygens (including phenoxy) is 3. The van der Waals surface area contributed by atoms with Crippen LogP contribution in [0.1, 0.15) is 12.8 Å². The number of anilines is 1. The molecule has 0 atom stereocenters. The second kappa shape index (κ2) is 10.4. The molecule has 186 valence electrons. The molecule has 5 rings (SSSR count). The SMILES string of the molecule is COc1cc2c(N)nc(-c3ccc(Oc4cccc(F)c4)cc3)nc2cc1OCC1CCN(C)CC1. The lowest BCUT2D eigenvalue weighted by Gasteiger charge is -2.28. The summed E-state index contributed by atoms with van der Waals surface area (Å²) in [6.07, 6.45) is 2.23. The number of rotatable bonds is 7. The van der Waals surface area contributed by atoms with E-state index in [2.05, 4.69) is 16.9 Å². The number of nitrogens with two attached hydrogens (primary N) is 1. The van der Waals surface area contributed by atoms with Crippen LogP contribution >= 0.6 is 0 Å². The van der Waals surface area contributed by atoms with Crippen LogP contribution in [-0.4, -0.2) is 48.7 Å². The van der Waals surface area contributed by atoms with Crippen LogP contribution in [0.15, 0.2) is 60.7 Å². The number of likely N-dealkylation sites (tertiary alicyclic amines) is 1. The van der Waals surface area contributed by atoms with E-state index in [0.717, 1.165) is 31.5 Å². The molecule has 1 aromatic heterocycles. The van der Waals surface area contributed by atoms with Gasteiger partial charge < -0.3 is 24.8 Å². The molecule has 0 unspecified atom stereocenters. The Balaban J connectivity index is 1.38. The quantitative estimate of drug-likeness (QED) is 0.366. The van der Waals surface area contributed by atoms with Gasteiger partial charge in [-0.25, -0.2) is 14.4 Å². The molecule has 0 saturated carbocycles. The van der Waals surface area contributed by atoms with E-state index in [0.29, 0.717) is 58.1 Å². The normalized spacial score (nSPS) is 14.6. The van der Waals surface area contributed by atoms with Crippen molar-refractivity contribution in [3.63, 3.8) is 0 Å². The van der Waals surface area contributed by atoms with Gasteiger partial charge in [0.2, 0.25) is 0 Å². The average molecular weight is 489 g/mol. The van der Waals surface area contributed by atoms with Gasteiger partial charge in [-0.3, -0.25) is 0 Å². The number of piperidine rings is 1. The minimum Gasteiger partial charge on any atom is -0.493 e. The number of benzene rings is 3. The minimum atomic E-state index is -0.351. The Morgan fingerprint density at radius 3 is 2.47 bits per heavy atom. The maximum Gasteiger partial charge on any atom is 0.163 e. The summed E-state index contributed by atoms with van der Waals surface area (Å²) in [6.45, 7) is 2.81. The lowest BCUT2D eigenvalue weighted by Crippen LogP contribution is -2.32. The molecule has 4 aromatic rings. The van der Waals surface area contributed by atoms with Crippen molar-refractivity contribution >= 4 is 16.7 Å². The van der Waals surface area contributed by atoms with Gasteiger partial charge in [0.1, 0.15) is 23.1 Å². The molecule has 8 heteroatoms. The number of nitrogens with zero attached hydrogens (tertiary/aromatic N) is 3. The van der Waals surface area contributed by atoms with Crippen molar-refractivity contribution in [3.05, 3.63) is 66.5 Å². The highest BCUT2D eigenvalue weighted by Gasteiger charge is 2.19. The fourth-order valence-electron chi connectivity index (χ4n) is 4.34. The maximum absolute atomic E-state index is 13.4. The van der Waals surface area contributed by atoms with E-state index in [-0.39, 0.29) is 5.82 Å². The number of hydrogen-bond donors (Lipinski definition) is 1. The zero-order valence-corrected chi connectivity index (χ0v) is 20.4. The van der Waals surface area contributed by atoms with Crippen molar-refractivity contribution in [2.24, 2.45) is 5.92 Å². The molecule has 0 amide bonds. The number of hydrogen-bond acceptors (Lipinski definition) is 7. The lowest BCUT2D eigenvalue weighted by molar-refractivity contribution is 0.157. The smallest absolute Gasteiger partial charge is 0.163 e. The van der Waals surface area contributed by atoms with Crippen LogP contribution in [0.3, 0.4) is 0 Å². The summed E-state index contributed by atoms with van der Waals surface area (Å²) < 4.78 is 30.9. The number of halogens is 1. The summed E-state index contributed by atoms with van der Waals surface area (Å²) in [5.41, 5.74) is 7.76. The van der Waals surface area contributed by atoms with E-state index in [9.17, 15) is 4.39 Å². The van der Waals surface area contributed by atoms with Crippen LogP contribution in [-0.2, 0) is 0 Å². The Hall–Kier alpha value is -3.91. The fourth-order valence-corrected chi connectivity index (χ4v) is 4.34. The third kappa shape index (κ3) is 5.33. The monoisotopic (exact) mass is 488 g/mol. The van der Waals surface area contributed by atoms with Gasteiger partial charge in [0.25, 0.3) is 0 Å². The first-order chi connectivity index (χ1) is 17.5. The number of aromatic nitrogens is 2. The molecule has 2 heterocycles. The van der Waals surface area contributed by atoms with E-state index in [1.807, 2.05) is 24.3 Å². The summed E-state index contributed by atoms with van der Waals surface area (Å²) in [4.78, 5) is 11.6. The molecular formula is C28H29FN4O3. The Morgan fingerprint density at radius 1 is 0.972 bits per heavy atom. The second-order valence-electron chi connectivity index (χ2n) is 9.09. The summed E-state index contributed by atoms with van der Waals surface area (Å²) in [6, 6.07) is 17.0. The second-order valence-corrected chi connectivity index (χ2v) is 9.09. The number of fused-ring (bicyclic) bond motifs is 1. The van der Waals surface area contributed by atoms with Crippen LogP contribution in [0, 0.1) is 11.7 Å². The van der Waals surface area contributed by atoms with Crippen LogP contribution in [0.25, 0.3) is 22.3 Å². The third-order valence-electron chi connectivity index (χ3n) is 6.47. The first kappa shape index (κ1) is 23.8. The molecule has 0 aliphatic carbocycles. The fraction of sp³-hybridized carbons (Fsp3) is 0.286. The first-order valence-electron chi connectivity index (χ1n) is 12.0. The van der Waals surface area contributed by atoms with Crippen molar-refractivity contribution < 1.29 is 18.6 Å². The van der Waals surface area contributed by atoms with Crippen molar-refractivity contribution in [3.8, 4) is 34.4 Å². The van der Waals surface area contributed by atoms with Crippen molar-refractivity contribution in [1.29, 1.82) is 0 Å². The average Bonchev–Trinajstić information content (AvgIpc) is 2.88. The summed E-state index contributed by atoms with van der Waals surface area (Å²) in [5.74, 6) is 3.27. The molecule has 0 radical (unpaired) electrons. The Labute approximate surface area is 209 Å². The molecule has 0 bridgehead atoms. The van der Waals surface area contributed by atoms with E-state index < -0.39 is 0 Å². The molecule has 3 aromatic carbocycles. The Kier molecular flexibility index (Phi) is 6.86. The van der Waals surface area contributed by atoms with Crippen LogP contribution in [0.2, 0.25) is 0 Å². The van der Waals surface area contributed by atoms with Gasteiger partial charge in [-0.05, 0) is 81.4 Å². The van der Waals surface area contributed by atoms with Crippen molar-refractivity contribution in [1.82, 2.24) is 14.9 Å². The molecular weight excluding hydrogens is 459 g/mol. The molecule has 0 spiro atoms. The number of nitrogen functional groups attached to an aromatic ring is 1. The minimum absolute atomic E-state index is 0.351. The molecule has 7 nitrogen and oxygen atoms in total. The summed E-state index contributed by atoms with van der Waals surface area (Å²) in [5, 5.41) is 0.702. The molecule has 36 heavy (non-hydrogen) atoms. The Bertz CT molecular complexity index is 1360. The predicted molar refractivity (Wildman–Crippen MR) is 138 cm³/mol. The Morgan fingerprint density at radius 2 is 1.75 bits per heavy atom. The van der Waals surface area contributed by atoms with Gasteiger partial charge in [-0.2, -0.15) is 0 Å². The highest BCUT2D eigenvalue weighted by atomic mass is 19.1. The highest BCUT2D eigenvalue weighted by Crippen LogP contribution is 2.35. The van der Waals surface area contributed by atoms with Gasteiger partial charge in [0, 0.05) is 23.1 Å². The standard InChI is InChI=1S/C28H29FN4O3/c1-33-12-10-18(11-13-33)17-35-26-16-24-23(15-25(26)34-2)27(30)32-28(31-24)19-6-8-21(9-7-19)36-22-5-3-4-20(29)14-22/h3-9,14-16,18H,10-13,17H2,1-2H3,(H2,30,31,32). The first-order valence-corrected chi connectivity index (χ1v) is 12.0. The lowest BCUT2D eigenvalue weighted by atomic mass is 9.98. The molecule has 1 fully saturated rings. The zero-order valence-electron chi connectivity index (χ0n) is 20.4. The molecule has 2 N–H and O–H groups in total. The molecule has 1 saturated heterocycles. The zero-order chi connectivity index (χ0) is 25.1. The van der Waals surface area contributed by atoms with Gasteiger partial charge in [0.15, 0.2) is 17.3 Å². The van der Waals surface area contributed by atoms with Gasteiger partial charge in [0.05, 0.1) is 19.2 Å². The molecule has 1 aliphatic heterocycles. The maximum atomic E-state index is 13.4. The van der Waals surface area contributed by atoms with E-state index in [4.69, 9.17) is 24.9 Å². The van der Waals surface area contributed by atoms with Crippen molar-refractivity contribution in [2.75, 3.05) is 39.6 Å². The van der Waals surface area contributed by atoms with Gasteiger partial charge >= 0.3 is 0 Å². The van der Waals surface area contributed by atoms with Gasteiger partial charge in [-0.15, -0.1) is 0 Å². The van der Waals surface area contributed by atoms with E-state index in [1.54, 1.807) is 31.4 Å². The number of methoxy groups -OCH3 is 1. The van der Waals surface area contributed by atoms with Crippen molar-refractivity contribution in [2.45, 2.75) is 12.8 Å². The van der Waals surface area contributed by atoms with E-state index >= 15 is 0 Å². The van der Waals surface area contributed by atoms with Crippen LogP contribution < -0.4 is 19.9 Å². The van der Waals surface area contributed by atoms with Crippen LogP contribution in [0.4, 0.5) is 10.2 Å². The summed E-state index contributed by atoms with van der Waals surface area (Å²) >= 11 is 0. The molecule has 1 aliphatic rings. The largest absolute Gasteiger partial charge is 0.493 e. The highest BCUT2D eigenvalue weighted by molar-refractivity contribution is 5.92. The topological polar surface area (TPSA) is 82.7 Å². The van der Waals surface area contributed by atoms with E-state index in [1.165, 1.54) is 12.1 Å². The van der Waals surface area contributed by atoms with Crippen LogP contribution in [0.5, 0.6) is 23.0 Å². The third-order valence-corrected chi connectivity index (χ3v) is 6.47. The summed E-state index contributed by atoms with van der Waals surface area (Å²) in [7, 11) is 3.76. The predicted octanol–water partition coefficient (Wildman–Crippen LogP) is 5.54.